The van der Waals surface area contributed by atoms with Gasteiger partial charge in [0.05, 0.1) is 19.9 Å². The molecule has 0 aliphatic carbocycles. The minimum Gasteiger partial charge on any atom is -0.493 e. The molecule has 0 aliphatic rings. The fourth-order valence-electron chi connectivity index (χ4n) is 2.98. The Morgan fingerprint density at radius 1 is 1.00 bits per heavy atom. The SMILES string of the molecule is COc1ccc(N(C)S(=O)(=O)c2ccsc2-c2nc(-c3ccccc3)no2)cc1OC. The first-order valence-electron chi connectivity index (χ1n) is 9.13. The third kappa shape index (κ3) is 3.87. The number of hydrogen-bond donors (Lipinski definition) is 0. The largest absolute Gasteiger partial charge is 0.493 e. The molecule has 0 N–H and O–H groups in total. The first kappa shape index (κ1) is 20.9. The van der Waals surface area contributed by atoms with Crippen molar-refractivity contribution < 1.29 is 22.4 Å². The van der Waals surface area contributed by atoms with Crippen LogP contribution in [0.5, 0.6) is 11.5 Å². The predicted octanol–water partition coefficient (Wildman–Crippen LogP) is 4.31. The van der Waals surface area contributed by atoms with Crippen LogP contribution in [0.4, 0.5) is 5.69 Å². The molecule has 0 fully saturated rings. The second kappa shape index (κ2) is 8.40. The number of aromatic nitrogens is 2. The van der Waals surface area contributed by atoms with Crippen molar-refractivity contribution in [3.05, 3.63) is 60.0 Å². The summed E-state index contributed by atoms with van der Waals surface area (Å²) in [6.45, 7) is 0. The van der Waals surface area contributed by atoms with Gasteiger partial charge in [-0.25, -0.2) is 8.42 Å². The average molecular weight is 458 g/mol. The Balaban J connectivity index is 1.70. The summed E-state index contributed by atoms with van der Waals surface area (Å²) in [5.74, 6) is 1.47. The molecule has 2 aromatic heterocycles. The highest BCUT2D eigenvalue weighted by Crippen LogP contribution is 2.37. The molecule has 10 heteroatoms. The summed E-state index contributed by atoms with van der Waals surface area (Å²) in [6.07, 6.45) is 0. The molecule has 0 saturated carbocycles. The van der Waals surface area contributed by atoms with Gasteiger partial charge in [-0.1, -0.05) is 35.5 Å². The van der Waals surface area contributed by atoms with Crippen LogP contribution in [0.3, 0.4) is 0 Å². The molecule has 31 heavy (non-hydrogen) atoms. The Bertz CT molecular complexity index is 1300. The number of thiophene rings is 1. The Morgan fingerprint density at radius 3 is 2.45 bits per heavy atom. The molecular formula is C21H19N3O5S2. The summed E-state index contributed by atoms with van der Waals surface area (Å²) in [6, 6.07) is 15.7. The topological polar surface area (TPSA) is 94.8 Å². The molecule has 0 unspecified atom stereocenters. The van der Waals surface area contributed by atoms with Crippen LogP contribution in [0, 0.1) is 0 Å². The van der Waals surface area contributed by atoms with E-state index in [0.29, 0.717) is 27.9 Å². The van der Waals surface area contributed by atoms with E-state index in [-0.39, 0.29) is 10.8 Å². The standard InChI is InChI=1S/C21H19N3O5S2/c1-24(15-9-10-16(27-2)17(13-15)28-3)31(25,26)18-11-12-30-19(18)21-22-20(23-29-21)14-7-5-4-6-8-14/h4-13H,1-3H3. The molecule has 0 atom stereocenters. The van der Waals surface area contributed by atoms with E-state index in [2.05, 4.69) is 10.1 Å². The molecule has 2 aromatic carbocycles. The van der Waals surface area contributed by atoms with Gasteiger partial charge in [-0.05, 0) is 23.6 Å². The fourth-order valence-corrected chi connectivity index (χ4v) is 5.49. The maximum absolute atomic E-state index is 13.4. The van der Waals surface area contributed by atoms with Crippen molar-refractivity contribution in [2.45, 2.75) is 4.90 Å². The number of nitrogens with zero attached hydrogens (tertiary/aromatic N) is 3. The minimum absolute atomic E-state index is 0.0815. The number of methoxy groups -OCH3 is 2. The van der Waals surface area contributed by atoms with E-state index in [4.69, 9.17) is 14.0 Å². The van der Waals surface area contributed by atoms with E-state index in [0.717, 1.165) is 5.56 Å². The lowest BCUT2D eigenvalue weighted by Crippen LogP contribution is -2.26. The van der Waals surface area contributed by atoms with Gasteiger partial charge in [0, 0.05) is 18.7 Å². The molecule has 4 aromatic rings. The molecular weight excluding hydrogens is 438 g/mol. The van der Waals surface area contributed by atoms with Gasteiger partial charge in [-0.15, -0.1) is 11.3 Å². The van der Waals surface area contributed by atoms with Gasteiger partial charge in [0.15, 0.2) is 11.5 Å². The van der Waals surface area contributed by atoms with Gasteiger partial charge >= 0.3 is 0 Å². The zero-order chi connectivity index (χ0) is 22.0. The minimum atomic E-state index is -3.91. The van der Waals surface area contributed by atoms with Crippen LogP contribution >= 0.6 is 11.3 Å². The number of ether oxygens (including phenoxy) is 2. The van der Waals surface area contributed by atoms with Crippen molar-refractivity contribution in [3.63, 3.8) is 0 Å². The van der Waals surface area contributed by atoms with Crippen molar-refractivity contribution in [2.24, 2.45) is 0 Å². The van der Waals surface area contributed by atoms with Crippen LogP contribution in [0.2, 0.25) is 0 Å². The number of anilines is 1. The molecule has 0 saturated heterocycles. The summed E-state index contributed by atoms with van der Waals surface area (Å²) in [5.41, 5.74) is 1.20. The molecule has 0 amide bonds. The summed E-state index contributed by atoms with van der Waals surface area (Å²) in [7, 11) is 0.576. The molecule has 160 valence electrons. The van der Waals surface area contributed by atoms with Crippen molar-refractivity contribution in [1.82, 2.24) is 10.1 Å². The molecule has 8 nitrogen and oxygen atoms in total. The van der Waals surface area contributed by atoms with Crippen molar-refractivity contribution >= 4 is 27.0 Å². The maximum atomic E-state index is 13.4. The van der Waals surface area contributed by atoms with E-state index < -0.39 is 10.0 Å². The Labute approximate surface area is 183 Å². The highest BCUT2D eigenvalue weighted by molar-refractivity contribution is 7.93. The van der Waals surface area contributed by atoms with Crippen LogP contribution < -0.4 is 13.8 Å². The highest BCUT2D eigenvalue weighted by Gasteiger charge is 2.29. The van der Waals surface area contributed by atoms with Crippen LogP contribution in [-0.2, 0) is 10.0 Å². The smallest absolute Gasteiger partial charge is 0.269 e. The number of hydrogen-bond acceptors (Lipinski definition) is 8. The second-order valence-corrected chi connectivity index (χ2v) is 9.27. The van der Waals surface area contributed by atoms with Gasteiger partial charge in [-0.3, -0.25) is 4.31 Å². The van der Waals surface area contributed by atoms with Crippen LogP contribution in [0.1, 0.15) is 0 Å². The van der Waals surface area contributed by atoms with Crippen LogP contribution in [0.25, 0.3) is 22.2 Å². The van der Waals surface area contributed by atoms with E-state index in [1.165, 1.54) is 43.0 Å². The van der Waals surface area contributed by atoms with Gasteiger partial charge in [-0.2, -0.15) is 4.98 Å². The number of rotatable bonds is 7. The lowest BCUT2D eigenvalue weighted by atomic mass is 10.2. The van der Waals surface area contributed by atoms with E-state index in [1.54, 1.807) is 23.6 Å². The van der Waals surface area contributed by atoms with Gasteiger partial charge in [0.25, 0.3) is 15.9 Å². The van der Waals surface area contributed by atoms with Gasteiger partial charge in [0.1, 0.15) is 9.77 Å². The molecule has 2 heterocycles. The normalized spacial score (nSPS) is 11.3. The summed E-state index contributed by atoms with van der Waals surface area (Å²) >= 11 is 1.22. The first-order chi connectivity index (χ1) is 15.0. The molecule has 0 aliphatic heterocycles. The zero-order valence-corrected chi connectivity index (χ0v) is 18.6. The monoisotopic (exact) mass is 457 g/mol. The van der Waals surface area contributed by atoms with Crippen molar-refractivity contribution in [3.8, 4) is 33.7 Å². The quantitative estimate of drug-likeness (QED) is 0.408. The first-order valence-corrected chi connectivity index (χ1v) is 11.5. The Hall–Kier alpha value is -3.37. The maximum Gasteiger partial charge on any atom is 0.269 e. The zero-order valence-electron chi connectivity index (χ0n) is 17.0. The van der Waals surface area contributed by atoms with Gasteiger partial charge < -0.3 is 14.0 Å². The number of sulfonamides is 1. The lowest BCUT2D eigenvalue weighted by molar-refractivity contribution is 0.355. The Kier molecular flexibility index (Phi) is 5.66. The summed E-state index contributed by atoms with van der Waals surface area (Å²) in [4.78, 5) is 4.85. The molecule has 0 bridgehead atoms. The Morgan fingerprint density at radius 2 is 1.74 bits per heavy atom. The summed E-state index contributed by atoms with van der Waals surface area (Å²) < 4.78 is 43.9. The third-order valence-electron chi connectivity index (χ3n) is 4.65. The van der Waals surface area contributed by atoms with Gasteiger partial charge in [0.2, 0.25) is 5.82 Å². The van der Waals surface area contributed by atoms with E-state index in [1.807, 2.05) is 30.3 Å². The van der Waals surface area contributed by atoms with E-state index >= 15 is 0 Å². The van der Waals surface area contributed by atoms with Crippen molar-refractivity contribution in [1.29, 1.82) is 0 Å². The predicted molar refractivity (Wildman–Crippen MR) is 118 cm³/mol. The molecule has 0 spiro atoms. The second-order valence-electron chi connectivity index (χ2n) is 6.41. The molecule has 0 radical (unpaired) electrons. The fraction of sp³-hybridized carbons (Fsp3) is 0.143. The number of benzene rings is 2. The molecule has 4 rings (SSSR count). The van der Waals surface area contributed by atoms with Crippen LogP contribution in [-0.4, -0.2) is 39.8 Å². The highest BCUT2D eigenvalue weighted by atomic mass is 32.2. The average Bonchev–Trinajstić information content (AvgIpc) is 3.48. The summed E-state index contributed by atoms with van der Waals surface area (Å²) in [5, 5.41) is 5.67. The van der Waals surface area contributed by atoms with E-state index in [9.17, 15) is 8.42 Å². The van der Waals surface area contributed by atoms with Crippen LogP contribution in [0.15, 0.2) is 69.4 Å². The lowest BCUT2D eigenvalue weighted by Gasteiger charge is -2.20. The van der Waals surface area contributed by atoms with Crippen molar-refractivity contribution in [2.75, 3.05) is 25.6 Å². The third-order valence-corrected chi connectivity index (χ3v) is 7.51.